The molecule has 90 valence electrons. The average molecular weight is 239 g/mol. The molecule has 0 spiro atoms. The van der Waals surface area contributed by atoms with Crippen LogP contribution < -0.4 is 5.73 Å². The molecule has 0 radical (unpaired) electrons. The van der Waals surface area contributed by atoms with E-state index in [2.05, 4.69) is 19.1 Å². The quantitative estimate of drug-likeness (QED) is 0.877. The Morgan fingerprint density at radius 2 is 2.25 bits per heavy atom. The molecule has 0 aliphatic carbocycles. The summed E-state index contributed by atoms with van der Waals surface area (Å²) in [4.78, 5) is 2.85. The fourth-order valence-electron chi connectivity index (χ4n) is 2.19. The minimum atomic E-state index is 0.170. The predicted octanol–water partition coefficient (Wildman–Crippen LogP) is 2.75. The lowest BCUT2D eigenvalue weighted by Crippen LogP contribution is -2.40. The van der Waals surface area contributed by atoms with Crippen molar-refractivity contribution in [2.75, 3.05) is 6.61 Å². The fraction of sp³-hybridized carbons (Fsp3) is 0.692. The van der Waals surface area contributed by atoms with E-state index in [1.807, 2.05) is 11.3 Å². The Bertz CT molecular complexity index is 317. The van der Waals surface area contributed by atoms with Crippen molar-refractivity contribution in [1.82, 2.24) is 0 Å². The van der Waals surface area contributed by atoms with Crippen molar-refractivity contribution in [3.63, 3.8) is 0 Å². The van der Waals surface area contributed by atoms with Crippen LogP contribution >= 0.6 is 11.3 Å². The maximum Gasteiger partial charge on any atom is 0.0729 e. The summed E-state index contributed by atoms with van der Waals surface area (Å²) in [5, 5.41) is 0. The van der Waals surface area contributed by atoms with Gasteiger partial charge in [-0.25, -0.2) is 0 Å². The molecule has 2 unspecified atom stereocenters. The summed E-state index contributed by atoms with van der Waals surface area (Å²) >= 11 is 1.89. The summed E-state index contributed by atoms with van der Waals surface area (Å²) < 4.78 is 5.72. The Kier molecular flexibility index (Phi) is 4.38. The highest BCUT2D eigenvalue weighted by Crippen LogP contribution is 2.22. The summed E-state index contributed by atoms with van der Waals surface area (Å²) in [6, 6.07) is 4.60. The van der Waals surface area contributed by atoms with E-state index in [-0.39, 0.29) is 12.1 Å². The molecule has 2 heterocycles. The van der Waals surface area contributed by atoms with Gasteiger partial charge in [-0.15, -0.1) is 11.3 Å². The molecule has 1 aliphatic rings. The van der Waals surface area contributed by atoms with E-state index < -0.39 is 0 Å². The van der Waals surface area contributed by atoms with Crippen LogP contribution in [0.3, 0.4) is 0 Å². The Balaban J connectivity index is 1.87. The second-order valence-electron chi connectivity index (χ2n) is 4.49. The molecule has 0 bridgehead atoms. The molecule has 1 saturated heterocycles. The molecule has 1 aromatic rings. The predicted molar refractivity (Wildman–Crippen MR) is 69.0 cm³/mol. The molecule has 16 heavy (non-hydrogen) atoms. The van der Waals surface area contributed by atoms with Crippen molar-refractivity contribution in [1.29, 1.82) is 0 Å². The zero-order chi connectivity index (χ0) is 11.4. The third-order valence-corrected chi connectivity index (χ3v) is 4.45. The van der Waals surface area contributed by atoms with E-state index in [0.29, 0.717) is 0 Å². The molecule has 1 aromatic heterocycles. The molecule has 1 aliphatic heterocycles. The van der Waals surface area contributed by atoms with Crippen LogP contribution in [0.1, 0.15) is 35.9 Å². The fourth-order valence-corrected chi connectivity index (χ4v) is 3.22. The van der Waals surface area contributed by atoms with Gasteiger partial charge in [-0.3, -0.25) is 0 Å². The molecule has 2 nitrogen and oxygen atoms in total. The van der Waals surface area contributed by atoms with Gasteiger partial charge >= 0.3 is 0 Å². The summed E-state index contributed by atoms with van der Waals surface area (Å²) in [5.74, 6) is 0. The zero-order valence-corrected chi connectivity index (χ0v) is 10.8. The molecule has 2 atom stereocenters. The van der Waals surface area contributed by atoms with Gasteiger partial charge in [0.25, 0.3) is 0 Å². The summed E-state index contributed by atoms with van der Waals surface area (Å²) in [6.07, 6.45) is 5.97. The van der Waals surface area contributed by atoms with Crippen molar-refractivity contribution >= 4 is 11.3 Å². The zero-order valence-electron chi connectivity index (χ0n) is 9.95. The van der Waals surface area contributed by atoms with Gasteiger partial charge in [0, 0.05) is 22.4 Å². The first-order valence-corrected chi connectivity index (χ1v) is 7.06. The van der Waals surface area contributed by atoms with Crippen molar-refractivity contribution in [2.45, 2.75) is 51.2 Å². The highest BCUT2D eigenvalue weighted by atomic mass is 32.1. The van der Waals surface area contributed by atoms with Gasteiger partial charge in [0.05, 0.1) is 6.10 Å². The largest absolute Gasteiger partial charge is 0.377 e. The Morgan fingerprint density at radius 1 is 1.44 bits per heavy atom. The van der Waals surface area contributed by atoms with E-state index >= 15 is 0 Å². The molecule has 1 fully saturated rings. The number of ether oxygens (including phenoxy) is 1. The average Bonchev–Trinajstić information content (AvgIpc) is 2.78. The second kappa shape index (κ2) is 5.80. The Morgan fingerprint density at radius 3 is 2.88 bits per heavy atom. The molecular weight excluding hydrogens is 218 g/mol. The van der Waals surface area contributed by atoms with Crippen LogP contribution in [0.4, 0.5) is 0 Å². The standard InChI is InChI=1S/C13H21NOS/c1-2-10-6-7-11(16-10)9-12(14)13-5-3-4-8-15-13/h6-7,12-13H,2-5,8-9,14H2,1H3. The van der Waals surface area contributed by atoms with Crippen LogP contribution in [0.25, 0.3) is 0 Å². The van der Waals surface area contributed by atoms with E-state index in [1.165, 1.54) is 22.6 Å². The van der Waals surface area contributed by atoms with Gasteiger partial charge in [0.1, 0.15) is 0 Å². The van der Waals surface area contributed by atoms with Gasteiger partial charge in [0.2, 0.25) is 0 Å². The summed E-state index contributed by atoms with van der Waals surface area (Å²) in [7, 11) is 0. The van der Waals surface area contributed by atoms with Gasteiger partial charge < -0.3 is 10.5 Å². The number of hydrogen-bond acceptors (Lipinski definition) is 3. The lowest BCUT2D eigenvalue weighted by atomic mass is 10.00. The van der Waals surface area contributed by atoms with Gasteiger partial charge in [-0.1, -0.05) is 6.92 Å². The SMILES string of the molecule is CCc1ccc(CC(N)C2CCCCO2)s1. The second-order valence-corrected chi connectivity index (χ2v) is 5.75. The number of thiophene rings is 1. The van der Waals surface area contributed by atoms with E-state index in [4.69, 9.17) is 10.5 Å². The molecule has 0 amide bonds. The van der Waals surface area contributed by atoms with Gasteiger partial charge in [0.15, 0.2) is 0 Å². The first-order valence-electron chi connectivity index (χ1n) is 6.24. The molecule has 0 saturated carbocycles. The van der Waals surface area contributed by atoms with Crippen molar-refractivity contribution in [3.05, 3.63) is 21.9 Å². The molecule has 2 N–H and O–H groups in total. The lowest BCUT2D eigenvalue weighted by Gasteiger charge is -2.27. The number of rotatable bonds is 4. The smallest absolute Gasteiger partial charge is 0.0729 e. The monoisotopic (exact) mass is 239 g/mol. The Hall–Kier alpha value is -0.380. The summed E-state index contributed by atoms with van der Waals surface area (Å²) in [6.45, 7) is 3.09. The van der Waals surface area contributed by atoms with Crippen LogP contribution in [-0.4, -0.2) is 18.8 Å². The van der Waals surface area contributed by atoms with Crippen LogP contribution in [-0.2, 0) is 17.6 Å². The van der Waals surface area contributed by atoms with E-state index in [0.717, 1.165) is 25.9 Å². The Labute approximate surface area is 102 Å². The molecule has 3 heteroatoms. The maximum atomic E-state index is 6.21. The summed E-state index contributed by atoms with van der Waals surface area (Å²) in [5.41, 5.74) is 6.21. The van der Waals surface area contributed by atoms with Gasteiger partial charge in [-0.2, -0.15) is 0 Å². The van der Waals surface area contributed by atoms with Crippen LogP contribution in [0.5, 0.6) is 0 Å². The topological polar surface area (TPSA) is 35.2 Å². The third-order valence-electron chi connectivity index (χ3n) is 3.20. The first kappa shape index (κ1) is 12.1. The number of nitrogens with two attached hydrogens (primary N) is 1. The third kappa shape index (κ3) is 3.06. The highest BCUT2D eigenvalue weighted by molar-refractivity contribution is 7.11. The van der Waals surface area contributed by atoms with Crippen molar-refractivity contribution < 1.29 is 4.74 Å². The normalized spacial score (nSPS) is 23.2. The van der Waals surface area contributed by atoms with Crippen molar-refractivity contribution in [3.8, 4) is 0 Å². The van der Waals surface area contributed by atoms with Crippen LogP contribution in [0.2, 0.25) is 0 Å². The minimum Gasteiger partial charge on any atom is -0.377 e. The maximum absolute atomic E-state index is 6.21. The highest BCUT2D eigenvalue weighted by Gasteiger charge is 2.21. The first-order chi connectivity index (χ1) is 7.79. The minimum absolute atomic E-state index is 0.170. The van der Waals surface area contributed by atoms with Crippen molar-refractivity contribution in [2.24, 2.45) is 5.73 Å². The molecule has 2 rings (SSSR count). The lowest BCUT2D eigenvalue weighted by molar-refractivity contribution is 0.000775. The molecule has 0 aromatic carbocycles. The van der Waals surface area contributed by atoms with Gasteiger partial charge in [-0.05, 0) is 44.2 Å². The number of hydrogen-bond donors (Lipinski definition) is 1. The number of aryl methyl sites for hydroxylation is 1. The van der Waals surface area contributed by atoms with Crippen LogP contribution in [0, 0.1) is 0 Å². The van der Waals surface area contributed by atoms with E-state index in [1.54, 1.807) is 0 Å². The van der Waals surface area contributed by atoms with E-state index in [9.17, 15) is 0 Å². The van der Waals surface area contributed by atoms with Crippen LogP contribution in [0.15, 0.2) is 12.1 Å². The molecular formula is C13H21NOS.